The minimum absolute atomic E-state index is 0.0213. The molecule has 102 valence electrons. The molecular formula is C15H20N2O2. The Morgan fingerprint density at radius 2 is 2.37 bits per heavy atom. The summed E-state index contributed by atoms with van der Waals surface area (Å²) in [6, 6.07) is 8.36. The molecule has 0 saturated carbocycles. The third-order valence-electron chi connectivity index (χ3n) is 3.92. The summed E-state index contributed by atoms with van der Waals surface area (Å²) in [4.78, 5) is 14.0. The van der Waals surface area contributed by atoms with Gasteiger partial charge in [0.25, 0.3) is 0 Å². The van der Waals surface area contributed by atoms with Crippen LogP contribution in [0.1, 0.15) is 23.7 Å². The SMILES string of the molecule is Cc1cccc(C2NCC(=O)N2CC2CCOC2)c1. The van der Waals surface area contributed by atoms with Crippen molar-refractivity contribution in [2.75, 3.05) is 26.3 Å². The Labute approximate surface area is 113 Å². The van der Waals surface area contributed by atoms with Crippen LogP contribution in [0.2, 0.25) is 0 Å². The van der Waals surface area contributed by atoms with E-state index >= 15 is 0 Å². The summed E-state index contributed by atoms with van der Waals surface area (Å²) >= 11 is 0. The maximum atomic E-state index is 12.1. The van der Waals surface area contributed by atoms with Gasteiger partial charge in [-0.2, -0.15) is 0 Å². The van der Waals surface area contributed by atoms with E-state index in [0.717, 1.165) is 26.2 Å². The molecule has 0 aliphatic carbocycles. The average molecular weight is 260 g/mol. The van der Waals surface area contributed by atoms with Crippen molar-refractivity contribution in [3.05, 3.63) is 35.4 Å². The second-order valence-electron chi connectivity index (χ2n) is 5.47. The fourth-order valence-corrected chi connectivity index (χ4v) is 2.89. The summed E-state index contributed by atoms with van der Waals surface area (Å²) in [6.45, 7) is 4.92. The maximum Gasteiger partial charge on any atom is 0.238 e. The van der Waals surface area contributed by atoms with Crippen LogP contribution in [0.15, 0.2) is 24.3 Å². The highest BCUT2D eigenvalue weighted by atomic mass is 16.5. The number of nitrogens with one attached hydrogen (secondary N) is 1. The molecule has 2 saturated heterocycles. The van der Waals surface area contributed by atoms with Crippen LogP contribution in [0.5, 0.6) is 0 Å². The molecule has 0 radical (unpaired) electrons. The number of aryl methyl sites for hydroxylation is 1. The van der Waals surface area contributed by atoms with Crippen molar-refractivity contribution in [2.45, 2.75) is 19.5 Å². The van der Waals surface area contributed by atoms with Crippen LogP contribution >= 0.6 is 0 Å². The highest BCUT2D eigenvalue weighted by Gasteiger charge is 2.33. The molecule has 0 aromatic heterocycles. The van der Waals surface area contributed by atoms with E-state index in [9.17, 15) is 4.79 Å². The molecule has 2 aliphatic heterocycles. The minimum Gasteiger partial charge on any atom is -0.381 e. The highest BCUT2D eigenvalue weighted by molar-refractivity contribution is 5.81. The van der Waals surface area contributed by atoms with Crippen molar-refractivity contribution in [1.82, 2.24) is 10.2 Å². The van der Waals surface area contributed by atoms with Gasteiger partial charge in [-0.1, -0.05) is 29.8 Å². The summed E-state index contributed by atoms with van der Waals surface area (Å²) < 4.78 is 5.40. The maximum absolute atomic E-state index is 12.1. The molecule has 3 rings (SSSR count). The zero-order valence-electron chi connectivity index (χ0n) is 11.3. The molecule has 1 aromatic carbocycles. The van der Waals surface area contributed by atoms with E-state index in [1.165, 1.54) is 11.1 Å². The fourth-order valence-electron chi connectivity index (χ4n) is 2.89. The largest absolute Gasteiger partial charge is 0.381 e. The smallest absolute Gasteiger partial charge is 0.238 e. The van der Waals surface area contributed by atoms with Crippen LogP contribution in [0.25, 0.3) is 0 Å². The predicted octanol–water partition coefficient (Wildman–Crippen LogP) is 1.46. The van der Waals surface area contributed by atoms with Gasteiger partial charge in [0.05, 0.1) is 13.2 Å². The number of hydrogen-bond acceptors (Lipinski definition) is 3. The molecule has 2 heterocycles. The van der Waals surface area contributed by atoms with Crippen molar-refractivity contribution in [3.8, 4) is 0 Å². The van der Waals surface area contributed by atoms with Gasteiger partial charge in [-0.25, -0.2) is 0 Å². The Balaban J connectivity index is 1.77. The molecule has 1 N–H and O–H groups in total. The first-order chi connectivity index (χ1) is 9.24. The standard InChI is InChI=1S/C15H20N2O2/c1-11-3-2-4-13(7-11)15-16-8-14(18)17(15)9-12-5-6-19-10-12/h2-4,7,12,15-16H,5-6,8-10H2,1H3. The van der Waals surface area contributed by atoms with Gasteiger partial charge < -0.3 is 9.64 Å². The molecular weight excluding hydrogens is 240 g/mol. The van der Waals surface area contributed by atoms with Crippen molar-refractivity contribution < 1.29 is 9.53 Å². The van der Waals surface area contributed by atoms with E-state index in [0.29, 0.717) is 12.5 Å². The quantitative estimate of drug-likeness (QED) is 0.894. The molecule has 2 atom stereocenters. The fraction of sp³-hybridized carbons (Fsp3) is 0.533. The van der Waals surface area contributed by atoms with Gasteiger partial charge in [-0.3, -0.25) is 10.1 Å². The molecule has 1 aromatic rings. The van der Waals surface area contributed by atoms with E-state index in [4.69, 9.17) is 4.74 Å². The van der Waals surface area contributed by atoms with Gasteiger partial charge in [0.2, 0.25) is 5.91 Å². The number of rotatable bonds is 3. The lowest BCUT2D eigenvalue weighted by atomic mass is 10.1. The third-order valence-corrected chi connectivity index (χ3v) is 3.92. The number of carbonyl (C=O) groups excluding carboxylic acids is 1. The van der Waals surface area contributed by atoms with Crippen LogP contribution in [-0.4, -0.2) is 37.1 Å². The van der Waals surface area contributed by atoms with Gasteiger partial charge in [0.15, 0.2) is 0 Å². The Bertz CT molecular complexity index is 469. The average Bonchev–Trinajstić information content (AvgIpc) is 3.01. The molecule has 2 fully saturated rings. The van der Waals surface area contributed by atoms with Gasteiger partial charge in [-0.15, -0.1) is 0 Å². The summed E-state index contributed by atoms with van der Waals surface area (Å²) in [5, 5.41) is 3.31. The van der Waals surface area contributed by atoms with E-state index < -0.39 is 0 Å². The molecule has 2 aliphatic rings. The number of nitrogens with zero attached hydrogens (tertiary/aromatic N) is 1. The normalized spacial score (nSPS) is 27.2. The van der Waals surface area contributed by atoms with E-state index in [-0.39, 0.29) is 12.1 Å². The van der Waals surface area contributed by atoms with Crippen molar-refractivity contribution in [2.24, 2.45) is 5.92 Å². The topological polar surface area (TPSA) is 41.6 Å². The second kappa shape index (κ2) is 5.31. The Hall–Kier alpha value is -1.39. The van der Waals surface area contributed by atoms with Crippen molar-refractivity contribution in [3.63, 3.8) is 0 Å². The lowest BCUT2D eigenvalue weighted by Crippen LogP contribution is -2.35. The van der Waals surface area contributed by atoms with Crippen molar-refractivity contribution >= 4 is 5.91 Å². The summed E-state index contributed by atoms with van der Waals surface area (Å²) in [5.74, 6) is 0.676. The van der Waals surface area contributed by atoms with E-state index in [1.54, 1.807) is 0 Å². The molecule has 4 heteroatoms. The Morgan fingerprint density at radius 3 is 3.11 bits per heavy atom. The number of carbonyl (C=O) groups is 1. The van der Waals surface area contributed by atoms with Crippen LogP contribution in [0, 0.1) is 12.8 Å². The first-order valence-electron chi connectivity index (χ1n) is 6.91. The summed E-state index contributed by atoms with van der Waals surface area (Å²) in [5.41, 5.74) is 2.40. The molecule has 0 bridgehead atoms. The molecule has 1 amide bonds. The van der Waals surface area contributed by atoms with Crippen molar-refractivity contribution in [1.29, 1.82) is 0 Å². The third kappa shape index (κ3) is 2.65. The lowest BCUT2D eigenvalue weighted by Gasteiger charge is -2.27. The van der Waals surface area contributed by atoms with Gasteiger partial charge in [0, 0.05) is 19.1 Å². The van der Waals surface area contributed by atoms with Crippen LogP contribution in [0.3, 0.4) is 0 Å². The van der Waals surface area contributed by atoms with Crippen LogP contribution in [0.4, 0.5) is 0 Å². The monoisotopic (exact) mass is 260 g/mol. The first kappa shape index (κ1) is 12.6. The predicted molar refractivity (Wildman–Crippen MR) is 72.6 cm³/mol. The number of benzene rings is 1. The second-order valence-corrected chi connectivity index (χ2v) is 5.47. The van der Waals surface area contributed by atoms with E-state index in [1.807, 2.05) is 11.0 Å². The van der Waals surface area contributed by atoms with Gasteiger partial charge in [0.1, 0.15) is 6.17 Å². The van der Waals surface area contributed by atoms with Crippen LogP contribution in [-0.2, 0) is 9.53 Å². The Morgan fingerprint density at radius 1 is 1.47 bits per heavy atom. The zero-order chi connectivity index (χ0) is 13.2. The Kier molecular flexibility index (Phi) is 3.53. The number of amides is 1. The zero-order valence-corrected chi connectivity index (χ0v) is 11.3. The van der Waals surface area contributed by atoms with Gasteiger partial charge >= 0.3 is 0 Å². The highest BCUT2D eigenvalue weighted by Crippen LogP contribution is 2.26. The first-order valence-corrected chi connectivity index (χ1v) is 6.91. The molecule has 0 spiro atoms. The lowest BCUT2D eigenvalue weighted by molar-refractivity contribution is -0.128. The molecule has 19 heavy (non-hydrogen) atoms. The van der Waals surface area contributed by atoms with Crippen LogP contribution < -0.4 is 5.32 Å². The van der Waals surface area contributed by atoms with E-state index in [2.05, 4.69) is 30.4 Å². The summed E-state index contributed by atoms with van der Waals surface area (Å²) in [6.07, 6.45) is 1.08. The minimum atomic E-state index is 0.0213. The van der Waals surface area contributed by atoms with Gasteiger partial charge in [-0.05, 0) is 18.9 Å². The number of ether oxygens (including phenoxy) is 1. The molecule has 2 unspecified atom stereocenters. The summed E-state index contributed by atoms with van der Waals surface area (Å²) in [7, 11) is 0. The molecule has 4 nitrogen and oxygen atoms in total. The number of hydrogen-bond donors (Lipinski definition) is 1.